The Kier molecular flexibility index (Phi) is 6.92. The van der Waals surface area contributed by atoms with Crippen molar-refractivity contribution >= 4 is 39.8 Å². The Labute approximate surface area is 200 Å². The maximum absolute atomic E-state index is 12.8. The number of carbonyl (C=O) groups is 1. The highest BCUT2D eigenvalue weighted by atomic mass is 32.2. The van der Waals surface area contributed by atoms with Crippen LogP contribution in [0.25, 0.3) is 22.0 Å². The third kappa shape index (κ3) is 4.85. The molecule has 4 rings (SSSR count). The highest BCUT2D eigenvalue weighted by Gasteiger charge is 2.24. The number of benzene rings is 2. The first kappa shape index (κ1) is 22.8. The van der Waals surface area contributed by atoms with Crippen LogP contribution in [0, 0.1) is 18.3 Å². The molecule has 8 heteroatoms. The molecule has 0 N–H and O–H groups in total. The van der Waals surface area contributed by atoms with E-state index in [1.807, 2.05) is 60.8 Å². The van der Waals surface area contributed by atoms with Gasteiger partial charge in [-0.25, -0.2) is 9.97 Å². The zero-order valence-electron chi connectivity index (χ0n) is 18.4. The summed E-state index contributed by atoms with van der Waals surface area (Å²) in [7, 11) is 3.21. The van der Waals surface area contributed by atoms with Crippen molar-refractivity contribution in [3.63, 3.8) is 0 Å². The molecule has 166 valence electrons. The predicted molar refractivity (Wildman–Crippen MR) is 131 cm³/mol. The Bertz CT molecular complexity index is 1350. The lowest BCUT2D eigenvalue weighted by Crippen LogP contribution is -2.13. The van der Waals surface area contributed by atoms with Crippen LogP contribution in [0.5, 0.6) is 11.5 Å². The lowest BCUT2D eigenvalue weighted by atomic mass is 10.0. The molecule has 2 aromatic carbocycles. The number of ether oxygens (including phenoxy) is 2. The number of pyridine rings is 1. The molecule has 1 unspecified atom stereocenters. The van der Waals surface area contributed by atoms with Crippen LogP contribution >= 0.6 is 23.1 Å². The minimum absolute atomic E-state index is 0.116. The van der Waals surface area contributed by atoms with Crippen LogP contribution < -0.4 is 9.47 Å². The van der Waals surface area contributed by atoms with Gasteiger partial charge in [-0.1, -0.05) is 42.1 Å². The molecular weight excluding hydrogens is 454 g/mol. The highest BCUT2D eigenvalue weighted by Crippen LogP contribution is 2.39. The number of ketones is 1. The number of carbonyl (C=O) groups excluding carboxylic acids is 1. The Morgan fingerprint density at radius 2 is 1.94 bits per heavy atom. The zero-order valence-corrected chi connectivity index (χ0v) is 20.0. The molecule has 0 fully saturated rings. The quantitative estimate of drug-likeness (QED) is 0.304. The average molecular weight is 476 g/mol. The Hall–Kier alpha value is -3.41. The van der Waals surface area contributed by atoms with Crippen molar-refractivity contribution in [1.29, 1.82) is 5.26 Å². The largest absolute Gasteiger partial charge is 0.497 e. The fourth-order valence-electron chi connectivity index (χ4n) is 3.48. The number of thiazole rings is 1. The molecule has 1 atom stereocenters. The second kappa shape index (κ2) is 10.0. The number of hydrogen-bond acceptors (Lipinski definition) is 8. The van der Waals surface area contributed by atoms with Crippen molar-refractivity contribution in [3.8, 4) is 28.7 Å². The topological polar surface area (TPSA) is 85.1 Å². The number of aromatic nitrogens is 2. The third-order valence-corrected chi connectivity index (χ3v) is 7.02. The maximum Gasteiger partial charge on any atom is 0.167 e. The Morgan fingerprint density at radius 1 is 1.15 bits per heavy atom. The van der Waals surface area contributed by atoms with E-state index in [9.17, 15) is 10.1 Å². The van der Waals surface area contributed by atoms with Crippen molar-refractivity contribution in [1.82, 2.24) is 9.97 Å². The highest BCUT2D eigenvalue weighted by molar-refractivity contribution is 7.99. The van der Waals surface area contributed by atoms with E-state index in [0.717, 1.165) is 22.2 Å². The van der Waals surface area contributed by atoms with Crippen LogP contribution in [0.3, 0.4) is 0 Å². The van der Waals surface area contributed by atoms with E-state index in [1.54, 1.807) is 14.2 Å². The Balaban J connectivity index is 1.72. The summed E-state index contributed by atoms with van der Waals surface area (Å²) in [6, 6.07) is 17.7. The van der Waals surface area contributed by atoms with Crippen LogP contribution in [-0.2, 0) is 4.79 Å². The lowest BCUT2D eigenvalue weighted by molar-refractivity contribution is -0.116. The summed E-state index contributed by atoms with van der Waals surface area (Å²) in [6.45, 7) is 1.85. The maximum atomic E-state index is 12.8. The number of nitrogens with zero attached hydrogens (tertiary/aromatic N) is 3. The molecule has 0 amide bonds. The SMILES string of the molecule is COc1cc(OC)c2c(-c3ccccc3)cc(SCC(=O)C(C#N)c3nc(C)cs3)nc2c1. The van der Waals surface area contributed by atoms with Crippen LogP contribution in [0.1, 0.15) is 16.6 Å². The molecule has 0 aliphatic rings. The zero-order chi connectivity index (χ0) is 23.4. The van der Waals surface area contributed by atoms with Gasteiger partial charge in [-0.05, 0) is 24.1 Å². The number of nitriles is 1. The van der Waals surface area contributed by atoms with Crippen LogP contribution in [-0.4, -0.2) is 35.7 Å². The predicted octanol–water partition coefficient (Wildman–Crippen LogP) is 5.65. The van der Waals surface area contributed by atoms with E-state index >= 15 is 0 Å². The van der Waals surface area contributed by atoms with Gasteiger partial charge in [-0.3, -0.25) is 4.79 Å². The van der Waals surface area contributed by atoms with Gasteiger partial charge in [-0.2, -0.15) is 5.26 Å². The smallest absolute Gasteiger partial charge is 0.167 e. The normalized spacial score (nSPS) is 11.7. The van der Waals surface area contributed by atoms with E-state index in [-0.39, 0.29) is 11.5 Å². The fraction of sp³-hybridized carbons (Fsp3) is 0.200. The number of aryl methyl sites for hydroxylation is 1. The van der Waals surface area contributed by atoms with E-state index in [2.05, 4.69) is 11.1 Å². The number of thioether (sulfide) groups is 1. The molecular formula is C25H21N3O3S2. The van der Waals surface area contributed by atoms with Crippen LogP contribution in [0.2, 0.25) is 0 Å². The molecule has 2 aromatic heterocycles. The van der Waals surface area contributed by atoms with Crippen LogP contribution in [0.15, 0.2) is 58.9 Å². The minimum atomic E-state index is -0.870. The van der Waals surface area contributed by atoms with Crippen molar-refractivity contribution in [2.45, 2.75) is 17.9 Å². The van der Waals surface area contributed by atoms with Gasteiger partial charge in [0.05, 0.1) is 42.0 Å². The molecule has 0 bridgehead atoms. The lowest BCUT2D eigenvalue weighted by Gasteiger charge is -2.14. The van der Waals surface area contributed by atoms with Gasteiger partial charge in [-0.15, -0.1) is 11.3 Å². The van der Waals surface area contributed by atoms with E-state index in [0.29, 0.717) is 27.0 Å². The van der Waals surface area contributed by atoms with E-state index in [4.69, 9.17) is 14.5 Å². The number of hydrogen-bond donors (Lipinski definition) is 0. The summed E-state index contributed by atoms with van der Waals surface area (Å²) >= 11 is 2.64. The van der Waals surface area contributed by atoms with Gasteiger partial charge < -0.3 is 9.47 Å². The van der Waals surface area contributed by atoms with Crippen molar-refractivity contribution < 1.29 is 14.3 Å². The molecule has 0 radical (unpaired) electrons. The molecule has 0 saturated carbocycles. The van der Waals surface area contributed by atoms with Gasteiger partial charge in [0.2, 0.25) is 0 Å². The van der Waals surface area contributed by atoms with Gasteiger partial charge >= 0.3 is 0 Å². The molecule has 0 saturated heterocycles. The summed E-state index contributed by atoms with van der Waals surface area (Å²) in [6.07, 6.45) is 0. The fourth-order valence-corrected chi connectivity index (χ4v) is 5.16. The number of Topliss-reactive ketones (excluding diaryl/α,β-unsaturated/α-hetero) is 1. The first-order chi connectivity index (χ1) is 16.0. The minimum Gasteiger partial charge on any atom is -0.497 e. The number of fused-ring (bicyclic) bond motifs is 1. The summed E-state index contributed by atoms with van der Waals surface area (Å²) in [5.41, 5.74) is 3.47. The molecule has 6 nitrogen and oxygen atoms in total. The van der Waals surface area contributed by atoms with Gasteiger partial charge in [0.25, 0.3) is 0 Å². The standard InChI is InChI=1S/C25H21N3O3S2/c1-15-13-33-25(27-15)19(12-26)21(29)14-32-23-11-18(16-7-5-4-6-8-16)24-20(28-23)9-17(30-2)10-22(24)31-3/h4-11,13,19H,14H2,1-3H3. The second-order valence-electron chi connectivity index (χ2n) is 7.24. The Morgan fingerprint density at radius 3 is 2.58 bits per heavy atom. The summed E-state index contributed by atoms with van der Waals surface area (Å²) in [4.78, 5) is 21.9. The monoisotopic (exact) mass is 475 g/mol. The molecule has 4 aromatic rings. The number of methoxy groups -OCH3 is 2. The molecule has 0 aliphatic heterocycles. The molecule has 0 aliphatic carbocycles. The third-order valence-electron chi connectivity index (χ3n) is 5.06. The van der Waals surface area contributed by atoms with Crippen molar-refractivity contribution in [2.75, 3.05) is 20.0 Å². The average Bonchev–Trinajstić information content (AvgIpc) is 3.27. The second-order valence-corrected chi connectivity index (χ2v) is 9.13. The molecule has 33 heavy (non-hydrogen) atoms. The molecule has 2 heterocycles. The van der Waals surface area contributed by atoms with Crippen molar-refractivity contribution in [3.05, 3.63) is 64.6 Å². The van der Waals surface area contributed by atoms with Gasteiger partial charge in [0, 0.05) is 23.2 Å². The van der Waals surface area contributed by atoms with Crippen molar-refractivity contribution in [2.24, 2.45) is 0 Å². The van der Waals surface area contributed by atoms with E-state index < -0.39 is 5.92 Å². The number of rotatable bonds is 8. The summed E-state index contributed by atoms with van der Waals surface area (Å²) < 4.78 is 11.1. The summed E-state index contributed by atoms with van der Waals surface area (Å²) in [5, 5.41) is 13.5. The van der Waals surface area contributed by atoms with Crippen LogP contribution in [0.4, 0.5) is 0 Å². The summed E-state index contributed by atoms with van der Waals surface area (Å²) in [5.74, 6) is 0.346. The van der Waals surface area contributed by atoms with Gasteiger partial charge in [0.15, 0.2) is 11.7 Å². The van der Waals surface area contributed by atoms with E-state index in [1.165, 1.54) is 23.1 Å². The first-order valence-electron chi connectivity index (χ1n) is 10.1. The molecule has 0 spiro atoms. The first-order valence-corrected chi connectivity index (χ1v) is 12.0. The van der Waals surface area contributed by atoms with Gasteiger partial charge in [0.1, 0.15) is 16.5 Å².